The van der Waals surface area contributed by atoms with Gasteiger partial charge in [0.1, 0.15) is 0 Å². The van der Waals surface area contributed by atoms with E-state index in [1.54, 1.807) is 23.5 Å². The van der Waals surface area contributed by atoms with Gasteiger partial charge in [-0.1, -0.05) is 24.3 Å². The number of hydrogen-bond acceptors (Lipinski definition) is 10. The molecule has 0 aliphatic carbocycles. The first-order chi connectivity index (χ1) is 27.4. The maximum atomic E-state index is 13.3. The number of nitrogens with one attached hydrogen (secondary N) is 3. The molecule has 0 unspecified atom stereocenters. The van der Waals surface area contributed by atoms with Crippen LogP contribution in [0.3, 0.4) is 0 Å². The second kappa shape index (κ2) is 16.7. The summed E-state index contributed by atoms with van der Waals surface area (Å²) in [5.41, 5.74) is 7.86. The number of urea groups is 1. The highest BCUT2D eigenvalue weighted by atomic mass is 16.2. The molecule has 0 atom stereocenters. The first-order valence-corrected chi connectivity index (χ1v) is 19.3. The summed E-state index contributed by atoms with van der Waals surface area (Å²) in [4.78, 5) is 59.9. The topological polar surface area (TPSA) is 139 Å². The summed E-state index contributed by atoms with van der Waals surface area (Å²) in [5.74, 6) is 0.0700. The predicted molar refractivity (Wildman–Crippen MR) is 218 cm³/mol. The largest absolute Gasteiger partial charge is 0.371 e. The van der Waals surface area contributed by atoms with E-state index < -0.39 is 0 Å². The number of piperazine rings is 1. The van der Waals surface area contributed by atoms with Gasteiger partial charge in [-0.15, -0.1) is 0 Å². The van der Waals surface area contributed by atoms with Gasteiger partial charge in [-0.3, -0.25) is 34.6 Å². The number of nitrogens with zero attached hydrogens (tertiary/aromatic N) is 7. The van der Waals surface area contributed by atoms with Crippen LogP contribution in [0.15, 0.2) is 104 Å². The molecule has 3 fully saturated rings. The van der Waals surface area contributed by atoms with Crippen LogP contribution in [-0.4, -0.2) is 94.5 Å². The van der Waals surface area contributed by atoms with Crippen molar-refractivity contribution in [2.75, 3.05) is 66.2 Å². The zero-order chi connectivity index (χ0) is 38.4. The SMILES string of the molecule is Cc1ccc(NC(=O)c2ccc(N3CCC(N4CCN(Cc5ccccc5N5CCC(=O)NC5=O)CC4)CC3)cc2)cc1Nc1nccc(-c2cccnc2)n1. The molecule has 4 amide bonds. The van der Waals surface area contributed by atoms with Crippen LogP contribution in [0.1, 0.15) is 40.7 Å². The number of carbonyl (C=O) groups is 3. The molecule has 3 aliphatic heterocycles. The number of para-hydroxylation sites is 1. The Kier molecular flexibility index (Phi) is 11.0. The molecule has 8 rings (SSSR count). The third kappa shape index (κ3) is 8.54. The molecule has 13 nitrogen and oxygen atoms in total. The predicted octanol–water partition coefficient (Wildman–Crippen LogP) is 6.08. The lowest BCUT2D eigenvalue weighted by molar-refractivity contribution is -0.120. The summed E-state index contributed by atoms with van der Waals surface area (Å²) in [6, 6.07) is 27.5. The molecule has 5 heterocycles. The second-order valence-electron chi connectivity index (χ2n) is 14.6. The number of piperidine rings is 1. The number of aromatic nitrogens is 3. The minimum absolute atomic E-state index is 0.170. The Morgan fingerprint density at radius 3 is 2.43 bits per heavy atom. The molecule has 0 bridgehead atoms. The average Bonchev–Trinajstić information content (AvgIpc) is 3.23. The van der Waals surface area contributed by atoms with Crippen LogP contribution < -0.4 is 25.8 Å². The van der Waals surface area contributed by atoms with Gasteiger partial charge in [0.25, 0.3) is 5.91 Å². The van der Waals surface area contributed by atoms with Crippen LogP contribution >= 0.6 is 0 Å². The van der Waals surface area contributed by atoms with Gasteiger partial charge in [0.2, 0.25) is 11.9 Å². The summed E-state index contributed by atoms with van der Waals surface area (Å²) in [7, 11) is 0. The molecule has 56 heavy (non-hydrogen) atoms. The van der Waals surface area contributed by atoms with Crippen molar-refractivity contribution < 1.29 is 14.4 Å². The van der Waals surface area contributed by atoms with E-state index in [0.29, 0.717) is 36.2 Å². The summed E-state index contributed by atoms with van der Waals surface area (Å²) in [5, 5.41) is 8.80. The van der Waals surface area contributed by atoms with Gasteiger partial charge >= 0.3 is 6.03 Å². The van der Waals surface area contributed by atoms with Crippen molar-refractivity contribution in [1.82, 2.24) is 30.1 Å². The minimum atomic E-state index is -0.343. The molecule has 3 N–H and O–H groups in total. The summed E-state index contributed by atoms with van der Waals surface area (Å²) >= 11 is 0. The molecule has 0 radical (unpaired) electrons. The first kappa shape index (κ1) is 36.8. The molecule has 3 aliphatic rings. The third-order valence-electron chi connectivity index (χ3n) is 11.0. The number of hydrogen-bond donors (Lipinski definition) is 3. The van der Waals surface area contributed by atoms with E-state index in [1.165, 1.54) is 0 Å². The van der Waals surface area contributed by atoms with Crippen molar-refractivity contribution in [2.45, 2.75) is 38.8 Å². The maximum absolute atomic E-state index is 13.3. The van der Waals surface area contributed by atoms with Gasteiger partial charge in [0.15, 0.2) is 0 Å². The van der Waals surface area contributed by atoms with Gasteiger partial charge in [-0.2, -0.15) is 0 Å². The Labute approximate surface area is 326 Å². The van der Waals surface area contributed by atoms with E-state index in [9.17, 15) is 14.4 Å². The Bertz CT molecular complexity index is 2180. The molecule has 0 spiro atoms. The van der Waals surface area contributed by atoms with Crippen molar-refractivity contribution in [1.29, 1.82) is 0 Å². The van der Waals surface area contributed by atoms with Gasteiger partial charge in [-0.05, 0) is 91.6 Å². The fraction of sp³-hybridized carbons (Fsp3) is 0.302. The molecule has 3 aromatic carbocycles. The minimum Gasteiger partial charge on any atom is -0.371 e. The van der Waals surface area contributed by atoms with Crippen molar-refractivity contribution in [3.05, 3.63) is 120 Å². The average molecular weight is 751 g/mol. The van der Waals surface area contributed by atoms with E-state index in [4.69, 9.17) is 0 Å². The number of benzene rings is 3. The molecule has 0 saturated carbocycles. The van der Waals surface area contributed by atoms with E-state index in [2.05, 4.69) is 51.7 Å². The fourth-order valence-corrected chi connectivity index (χ4v) is 7.79. The van der Waals surface area contributed by atoms with Gasteiger partial charge in [-0.25, -0.2) is 14.8 Å². The van der Waals surface area contributed by atoms with Crippen LogP contribution in [-0.2, 0) is 11.3 Å². The van der Waals surface area contributed by atoms with E-state index >= 15 is 0 Å². The normalized spacial score (nSPS) is 17.1. The zero-order valence-corrected chi connectivity index (χ0v) is 31.5. The van der Waals surface area contributed by atoms with Crippen LogP contribution in [0.5, 0.6) is 0 Å². The standard InChI is InChI=1S/C43H46N10O3/c1-30-8-11-34(27-38(30)48-42-45-19-14-37(47-42)32-6-4-18-44-28-32)46-41(55)31-9-12-35(13-10-31)51-20-15-36(16-21-51)52-25-23-50(24-26-52)29-33-5-2-3-7-39(33)53-22-17-40(54)49-43(53)56/h2-14,18-19,27-28,36H,15-17,20-26,29H2,1H3,(H,46,55)(H,45,47,48)(H,49,54,56). The van der Waals surface area contributed by atoms with Gasteiger partial charge in [0.05, 0.1) is 5.69 Å². The maximum Gasteiger partial charge on any atom is 0.328 e. The lowest BCUT2D eigenvalue weighted by Gasteiger charge is -2.43. The molecular formula is C43H46N10O3. The smallest absolute Gasteiger partial charge is 0.328 e. The molecule has 13 heteroatoms. The quantitative estimate of drug-likeness (QED) is 0.154. The summed E-state index contributed by atoms with van der Waals surface area (Å²) in [6.07, 6.45) is 7.71. The summed E-state index contributed by atoms with van der Waals surface area (Å²) < 4.78 is 0. The lowest BCUT2D eigenvalue weighted by atomic mass is 10.0. The Hall–Kier alpha value is -6.18. The number of anilines is 5. The number of amides is 4. The van der Waals surface area contributed by atoms with Crippen LogP contribution in [0.25, 0.3) is 11.3 Å². The highest BCUT2D eigenvalue weighted by Crippen LogP contribution is 2.28. The monoisotopic (exact) mass is 750 g/mol. The lowest BCUT2D eigenvalue weighted by Crippen LogP contribution is -2.53. The van der Waals surface area contributed by atoms with Crippen molar-refractivity contribution in [3.8, 4) is 11.3 Å². The van der Waals surface area contributed by atoms with Crippen molar-refractivity contribution >= 4 is 46.5 Å². The van der Waals surface area contributed by atoms with Crippen LogP contribution in [0.2, 0.25) is 0 Å². The molecular weight excluding hydrogens is 705 g/mol. The number of pyridine rings is 1. The Morgan fingerprint density at radius 1 is 0.857 bits per heavy atom. The van der Waals surface area contributed by atoms with Crippen molar-refractivity contribution in [3.63, 3.8) is 0 Å². The molecule has 5 aromatic rings. The van der Waals surface area contributed by atoms with E-state index in [-0.39, 0.29) is 17.8 Å². The summed E-state index contributed by atoms with van der Waals surface area (Å²) in [6.45, 7) is 9.09. The third-order valence-corrected chi connectivity index (χ3v) is 11.0. The van der Waals surface area contributed by atoms with Crippen LogP contribution in [0, 0.1) is 6.92 Å². The fourth-order valence-electron chi connectivity index (χ4n) is 7.79. The molecule has 2 aromatic heterocycles. The van der Waals surface area contributed by atoms with Crippen LogP contribution in [0.4, 0.5) is 33.5 Å². The van der Waals surface area contributed by atoms with Crippen molar-refractivity contribution in [2.24, 2.45) is 0 Å². The zero-order valence-electron chi connectivity index (χ0n) is 31.5. The van der Waals surface area contributed by atoms with Gasteiger partial charge < -0.3 is 15.5 Å². The molecule has 3 saturated heterocycles. The Morgan fingerprint density at radius 2 is 1.66 bits per heavy atom. The highest BCUT2D eigenvalue weighted by Gasteiger charge is 2.30. The molecule has 286 valence electrons. The number of rotatable bonds is 10. The Balaban J connectivity index is 0.808. The van der Waals surface area contributed by atoms with Gasteiger partial charge in [0, 0.05) is 117 Å². The highest BCUT2D eigenvalue weighted by molar-refractivity contribution is 6.06. The van der Waals surface area contributed by atoms with E-state index in [0.717, 1.165) is 98.1 Å². The first-order valence-electron chi connectivity index (χ1n) is 19.3. The number of carbonyl (C=O) groups excluding carboxylic acids is 3. The second-order valence-corrected chi connectivity index (χ2v) is 14.6. The number of imide groups is 1. The number of aryl methyl sites for hydroxylation is 1. The van der Waals surface area contributed by atoms with E-state index in [1.807, 2.05) is 85.8 Å².